The number of carbonyl (C=O) groups excluding carboxylic acids is 1. The average molecular weight is 214 g/mol. The normalized spacial score (nSPS) is 10.9. The molecule has 0 aliphatic carbocycles. The van der Waals surface area contributed by atoms with Gasteiger partial charge in [-0.1, -0.05) is 18.2 Å². The minimum absolute atomic E-state index is 0.141. The molecule has 0 atom stereocenters. The fourth-order valence-electron chi connectivity index (χ4n) is 1.74. The number of rotatable bonds is 3. The zero-order chi connectivity index (χ0) is 11.5. The molecule has 3 heteroatoms. The van der Waals surface area contributed by atoms with Crippen LogP contribution < -0.4 is 0 Å². The van der Waals surface area contributed by atoms with Crippen molar-refractivity contribution < 1.29 is 4.79 Å². The van der Waals surface area contributed by atoms with Gasteiger partial charge < -0.3 is 4.90 Å². The molecule has 0 fully saturated rings. The Hall–Kier alpha value is -1.74. The zero-order valence-electron chi connectivity index (χ0n) is 9.47. The summed E-state index contributed by atoms with van der Waals surface area (Å²) in [5.74, 6) is 0.141. The molecule has 0 aliphatic rings. The van der Waals surface area contributed by atoms with Gasteiger partial charge in [-0.3, -0.25) is 9.78 Å². The molecular formula is C13H14N2O. The number of likely N-dealkylation sites (N-methyl/N-ethyl adjacent to an activating group) is 1. The number of hydrogen-bond acceptors (Lipinski definition) is 3. The number of aromatic nitrogens is 1. The third-order valence-corrected chi connectivity index (χ3v) is 2.44. The lowest BCUT2D eigenvalue weighted by Gasteiger charge is -2.10. The molecule has 0 radical (unpaired) electrons. The molecule has 1 aromatic heterocycles. The molecule has 1 heterocycles. The average Bonchev–Trinajstić information content (AvgIpc) is 2.27. The molecule has 82 valence electrons. The van der Waals surface area contributed by atoms with E-state index in [-0.39, 0.29) is 5.78 Å². The van der Waals surface area contributed by atoms with Gasteiger partial charge in [-0.25, -0.2) is 0 Å². The van der Waals surface area contributed by atoms with E-state index >= 15 is 0 Å². The summed E-state index contributed by atoms with van der Waals surface area (Å²) in [4.78, 5) is 17.9. The van der Waals surface area contributed by atoms with Crippen molar-refractivity contribution in [3.05, 3.63) is 42.2 Å². The quantitative estimate of drug-likeness (QED) is 0.732. The van der Waals surface area contributed by atoms with Crippen LogP contribution in [-0.4, -0.2) is 36.3 Å². The Morgan fingerprint density at radius 1 is 1.31 bits per heavy atom. The monoisotopic (exact) mass is 214 g/mol. The van der Waals surface area contributed by atoms with Gasteiger partial charge in [0, 0.05) is 23.3 Å². The van der Waals surface area contributed by atoms with E-state index in [9.17, 15) is 4.79 Å². The van der Waals surface area contributed by atoms with Crippen LogP contribution in [0.4, 0.5) is 0 Å². The van der Waals surface area contributed by atoms with Crippen LogP contribution in [0.5, 0.6) is 0 Å². The van der Waals surface area contributed by atoms with Gasteiger partial charge in [-0.05, 0) is 25.5 Å². The van der Waals surface area contributed by atoms with Crippen LogP contribution in [0.15, 0.2) is 36.7 Å². The number of nitrogens with zero attached hydrogens (tertiary/aromatic N) is 2. The first-order valence-electron chi connectivity index (χ1n) is 5.19. The topological polar surface area (TPSA) is 33.2 Å². The first-order chi connectivity index (χ1) is 7.68. The summed E-state index contributed by atoms with van der Waals surface area (Å²) in [6.07, 6.45) is 3.50. The Morgan fingerprint density at radius 3 is 2.88 bits per heavy atom. The van der Waals surface area contributed by atoms with Crippen molar-refractivity contribution in [3.63, 3.8) is 0 Å². The summed E-state index contributed by atoms with van der Waals surface area (Å²) >= 11 is 0. The van der Waals surface area contributed by atoms with Crippen LogP contribution in [0.2, 0.25) is 0 Å². The molecular weight excluding hydrogens is 200 g/mol. The highest BCUT2D eigenvalue weighted by Gasteiger charge is 2.10. The highest BCUT2D eigenvalue weighted by Crippen LogP contribution is 2.17. The third kappa shape index (κ3) is 2.09. The predicted molar refractivity (Wildman–Crippen MR) is 64.6 cm³/mol. The Morgan fingerprint density at radius 2 is 2.12 bits per heavy atom. The summed E-state index contributed by atoms with van der Waals surface area (Å²) in [6.45, 7) is 0.432. The summed E-state index contributed by atoms with van der Waals surface area (Å²) < 4.78 is 0. The summed E-state index contributed by atoms with van der Waals surface area (Å²) in [7, 11) is 3.79. The van der Waals surface area contributed by atoms with Crippen molar-refractivity contribution in [1.29, 1.82) is 0 Å². The molecule has 0 amide bonds. The Kier molecular flexibility index (Phi) is 2.97. The molecule has 2 aromatic rings. The molecule has 0 saturated carbocycles. The van der Waals surface area contributed by atoms with Gasteiger partial charge in [-0.2, -0.15) is 0 Å². The molecule has 0 saturated heterocycles. The third-order valence-electron chi connectivity index (χ3n) is 2.44. The molecule has 2 rings (SSSR count). The lowest BCUT2D eigenvalue weighted by molar-refractivity contribution is 0.0959. The van der Waals surface area contributed by atoms with Crippen LogP contribution in [0.1, 0.15) is 10.4 Å². The van der Waals surface area contributed by atoms with Gasteiger partial charge >= 0.3 is 0 Å². The standard InChI is InChI=1S/C13H14N2O/c1-15(2)9-13(16)12-5-3-4-10-8-14-7-6-11(10)12/h3-8H,9H2,1-2H3. The second kappa shape index (κ2) is 4.41. The van der Waals surface area contributed by atoms with Gasteiger partial charge in [-0.15, -0.1) is 0 Å². The van der Waals surface area contributed by atoms with Gasteiger partial charge in [0.1, 0.15) is 0 Å². The number of carbonyl (C=O) groups is 1. The van der Waals surface area contributed by atoms with E-state index in [0.717, 1.165) is 16.3 Å². The maximum absolute atomic E-state index is 12.0. The number of benzene rings is 1. The van der Waals surface area contributed by atoms with E-state index in [0.29, 0.717) is 6.54 Å². The number of hydrogen-bond donors (Lipinski definition) is 0. The zero-order valence-corrected chi connectivity index (χ0v) is 9.47. The van der Waals surface area contributed by atoms with Crippen LogP contribution in [-0.2, 0) is 0 Å². The van der Waals surface area contributed by atoms with Crippen LogP contribution in [0.3, 0.4) is 0 Å². The Bertz CT molecular complexity index is 515. The van der Waals surface area contributed by atoms with E-state index in [1.165, 1.54) is 0 Å². The first kappa shape index (κ1) is 10.8. The molecule has 1 aromatic carbocycles. The molecule has 0 unspecified atom stereocenters. The van der Waals surface area contributed by atoms with E-state index in [1.54, 1.807) is 12.4 Å². The highest BCUT2D eigenvalue weighted by atomic mass is 16.1. The van der Waals surface area contributed by atoms with Crippen molar-refractivity contribution in [2.75, 3.05) is 20.6 Å². The van der Waals surface area contributed by atoms with Crippen molar-refractivity contribution >= 4 is 16.6 Å². The fraction of sp³-hybridized carbons (Fsp3) is 0.231. The van der Waals surface area contributed by atoms with Crippen LogP contribution in [0.25, 0.3) is 10.8 Å². The molecule has 0 bridgehead atoms. The number of ketones is 1. The fourth-order valence-corrected chi connectivity index (χ4v) is 1.74. The summed E-state index contributed by atoms with van der Waals surface area (Å²) in [5, 5.41) is 1.98. The minimum atomic E-state index is 0.141. The lowest BCUT2D eigenvalue weighted by atomic mass is 10.0. The van der Waals surface area contributed by atoms with Gasteiger partial charge in [0.15, 0.2) is 5.78 Å². The number of fused-ring (bicyclic) bond motifs is 1. The van der Waals surface area contributed by atoms with Gasteiger partial charge in [0.05, 0.1) is 6.54 Å². The van der Waals surface area contributed by atoms with E-state index in [4.69, 9.17) is 0 Å². The smallest absolute Gasteiger partial charge is 0.177 e. The number of pyridine rings is 1. The van der Waals surface area contributed by atoms with E-state index < -0.39 is 0 Å². The molecule has 0 spiro atoms. The lowest BCUT2D eigenvalue weighted by Crippen LogP contribution is -2.21. The van der Waals surface area contributed by atoms with Crippen LogP contribution >= 0.6 is 0 Å². The second-order valence-electron chi connectivity index (χ2n) is 4.06. The summed E-state index contributed by atoms with van der Waals surface area (Å²) in [6, 6.07) is 7.62. The highest BCUT2D eigenvalue weighted by molar-refractivity contribution is 6.08. The first-order valence-corrected chi connectivity index (χ1v) is 5.19. The Balaban J connectivity index is 2.48. The maximum atomic E-state index is 12.0. The summed E-state index contributed by atoms with van der Waals surface area (Å²) in [5.41, 5.74) is 0.772. The largest absolute Gasteiger partial charge is 0.302 e. The minimum Gasteiger partial charge on any atom is -0.302 e. The van der Waals surface area contributed by atoms with E-state index in [2.05, 4.69) is 4.98 Å². The molecule has 0 N–H and O–H groups in total. The predicted octanol–water partition coefficient (Wildman–Crippen LogP) is 1.98. The van der Waals surface area contributed by atoms with E-state index in [1.807, 2.05) is 43.3 Å². The van der Waals surface area contributed by atoms with Gasteiger partial charge in [0.25, 0.3) is 0 Å². The van der Waals surface area contributed by atoms with Crippen LogP contribution in [0, 0.1) is 0 Å². The SMILES string of the molecule is CN(C)CC(=O)c1cccc2cnccc12. The van der Waals surface area contributed by atoms with Gasteiger partial charge in [0.2, 0.25) is 0 Å². The van der Waals surface area contributed by atoms with Crippen molar-refractivity contribution in [3.8, 4) is 0 Å². The Labute approximate surface area is 94.7 Å². The molecule has 16 heavy (non-hydrogen) atoms. The maximum Gasteiger partial charge on any atom is 0.177 e. The second-order valence-corrected chi connectivity index (χ2v) is 4.06. The number of Topliss-reactive ketones (excluding diaryl/α,β-unsaturated/α-hetero) is 1. The van der Waals surface area contributed by atoms with Crippen molar-refractivity contribution in [1.82, 2.24) is 9.88 Å². The molecule has 3 nitrogen and oxygen atoms in total. The van der Waals surface area contributed by atoms with Crippen molar-refractivity contribution in [2.24, 2.45) is 0 Å². The molecule has 0 aliphatic heterocycles. The van der Waals surface area contributed by atoms with Crippen molar-refractivity contribution in [2.45, 2.75) is 0 Å².